The molecule has 0 radical (unpaired) electrons. The van der Waals surface area contributed by atoms with E-state index in [1.165, 1.54) is 0 Å². The summed E-state index contributed by atoms with van der Waals surface area (Å²) in [4.78, 5) is 0. The predicted octanol–water partition coefficient (Wildman–Crippen LogP) is 3.91. The number of ether oxygens (including phenoxy) is 1. The SMILES string of the molecule is CC(C)(C)NCc1cccc(Cl)c1OCC1(O)CCCC1. The Hall–Kier alpha value is -0.770. The molecular formula is C17H26ClNO2. The van der Waals surface area contributed by atoms with E-state index in [9.17, 15) is 5.11 Å². The third-order valence-electron chi connectivity index (χ3n) is 3.88. The summed E-state index contributed by atoms with van der Waals surface area (Å²) in [5, 5.41) is 14.5. The molecule has 0 atom stereocenters. The van der Waals surface area contributed by atoms with Crippen LogP contribution < -0.4 is 10.1 Å². The zero-order chi connectivity index (χ0) is 15.5. The topological polar surface area (TPSA) is 41.5 Å². The molecule has 1 saturated carbocycles. The van der Waals surface area contributed by atoms with Crippen LogP contribution in [0.3, 0.4) is 0 Å². The lowest BCUT2D eigenvalue weighted by Gasteiger charge is -2.25. The Balaban J connectivity index is 2.06. The normalized spacial score (nSPS) is 18.0. The highest BCUT2D eigenvalue weighted by Gasteiger charge is 2.32. The maximum Gasteiger partial charge on any atom is 0.142 e. The molecule has 21 heavy (non-hydrogen) atoms. The van der Waals surface area contributed by atoms with E-state index >= 15 is 0 Å². The van der Waals surface area contributed by atoms with E-state index in [1.54, 1.807) is 0 Å². The molecule has 0 saturated heterocycles. The molecule has 0 unspecified atom stereocenters. The molecule has 0 aliphatic heterocycles. The van der Waals surface area contributed by atoms with Crippen molar-refractivity contribution in [1.29, 1.82) is 0 Å². The van der Waals surface area contributed by atoms with Gasteiger partial charge in [0.1, 0.15) is 12.4 Å². The van der Waals surface area contributed by atoms with Gasteiger partial charge in [0.15, 0.2) is 0 Å². The first-order chi connectivity index (χ1) is 9.79. The van der Waals surface area contributed by atoms with Gasteiger partial charge >= 0.3 is 0 Å². The van der Waals surface area contributed by atoms with Gasteiger partial charge in [0.2, 0.25) is 0 Å². The molecular weight excluding hydrogens is 286 g/mol. The fraction of sp³-hybridized carbons (Fsp3) is 0.647. The molecule has 1 aromatic rings. The molecule has 1 aromatic carbocycles. The van der Waals surface area contributed by atoms with Crippen LogP contribution in [-0.4, -0.2) is 22.9 Å². The lowest BCUT2D eigenvalue weighted by molar-refractivity contribution is 0.00112. The van der Waals surface area contributed by atoms with Crippen LogP contribution in [-0.2, 0) is 6.54 Å². The summed E-state index contributed by atoms with van der Waals surface area (Å²) in [7, 11) is 0. The second-order valence-corrected chi connectivity index (χ2v) is 7.46. The van der Waals surface area contributed by atoms with Gasteiger partial charge in [-0.1, -0.05) is 36.6 Å². The molecule has 3 nitrogen and oxygen atoms in total. The van der Waals surface area contributed by atoms with Crippen LogP contribution in [0.1, 0.15) is 52.0 Å². The molecule has 0 spiro atoms. The van der Waals surface area contributed by atoms with E-state index in [1.807, 2.05) is 18.2 Å². The molecule has 0 bridgehead atoms. The van der Waals surface area contributed by atoms with Crippen LogP contribution in [0, 0.1) is 0 Å². The third-order valence-corrected chi connectivity index (χ3v) is 4.17. The van der Waals surface area contributed by atoms with Crippen molar-refractivity contribution in [3.05, 3.63) is 28.8 Å². The Morgan fingerprint density at radius 1 is 1.29 bits per heavy atom. The number of nitrogens with one attached hydrogen (secondary N) is 1. The molecule has 1 aliphatic carbocycles. The van der Waals surface area contributed by atoms with Crippen molar-refractivity contribution < 1.29 is 9.84 Å². The van der Waals surface area contributed by atoms with E-state index in [-0.39, 0.29) is 5.54 Å². The van der Waals surface area contributed by atoms with E-state index in [0.717, 1.165) is 31.2 Å². The molecule has 2 N–H and O–H groups in total. The second kappa shape index (κ2) is 6.55. The average molecular weight is 312 g/mol. The number of rotatable bonds is 5. The van der Waals surface area contributed by atoms with Crippen LogP contribution in [0.5, 0.6) is 5.75 Å². The number of para-hydroxylation sites is 1. The van der Waals surface area contributed by atoms with Crippen molar-refractivity contribution in [1.82, 2.24) is 5.32 Å². The summed E-state index contributed by atoms with van der Waals surface area (Å²) in [6.07, 6.45) is 3.77. The Bertz CT molecular complexity index is 476. The Morgan fingerprint density at radius 3 is 2.57 bits per heavy atom. The Labute approximate surface area is 132 Å². The molecule has 0 aromatic heterocycles. The van der Waals surface area contributed by atoms with Crippen molar-refractivity contribution in [2.75, 3.05) is 6.61 Å². The van der Waals surface area contributed by atoms with E-state index in [2.05, 4.69) is 26.1 Å². The van der Waals surface area contributed by atoms with Crippen LogP contribution in [0.25, 0.3) is 0 Å². The molecule has 1 fully saturated rings. The number of halogens is 1. The number of hydrogen-bond acceptors (Lipinski definition) is 3. The van der Waals surface area contributed by atoms with Gasteiger partial charge in [0.05, 0.1) is 10.6 Å². The third kappa shape index (κ3) is 4.87. The maximum absolute atomic E-state index is 10.4. The van der Waals surface area contributed by atoms with Crippen molar-refractivity contribution >= 4 is 11.6 Å². The summed E-state index contributed by atoms with van der Waals surface area (Å²) in [5.41, 5.74) is 0.371. The average Bonchev–Trinajstić information content (AvgIpc) is 2.81. The minimum atomic E-state index is -0.687. The van der Waals surface area contributed by atoms with E-state index in [4.69, 9.17) is 16.3 Å². The van der Waals surface area contributed by atoms with E-state index < -0.39 is 5.60 Å². The van der Waals surface area contributed by atoms with Gasteiger partial charge in [-0.05, 0) is 39.7 Å². The number of hydrogen-bond donors (Lipinski definition) is 2. The van der Waals surface area contributed by atoms with Gasteiger partial charge < -0.3 is 15.2 Å². The maximum atomic E-state index is 10.4. The van der Waals surface area contributed by atoms with Gasteiger partial charge in [-0.25, -0.2) is 0 Å². The standard InChI is InChI=1S/C17H26ClNO2/c1-16(2,3)19-11-13-7-6-8-14(18)15(13)21-12-17(20)9-4-5-10-17/h6-8,19-20H,4-5,9-12H2,1-3H3. The number of aliphatic hydroxyl groups is 1. The van der Waals surface area contributed by atoms with Gasteiger partial charge in [-0.15, -0.1) is 0 Å². The summed E-state index contributed by atoms with van der Waals surface area (Å²) in [6, 6.07) is 5.77. The summed E-state index contributed by atoms with van der Waals surface area (Å²) in [6.45, 7) is 7.38. The number of benzene rings is 1. The smallest absolute Gasteiger partial charge is 0.142 e. The quantitative estimate of drug-likeness (QED) is 0.866. The molecule has 1 aliphatic rings. The van der Waals surface area contributed by atoms with Crippen molar-refractivity contribution in [3.8, 4) is 5.75 Å². The van der Waals surface area contributed by atoms with Crippen molar-refractivity contribution in [2.24, 2.45) is 0 Å². The molecule has 0 amide bonds. The minimum Gasteiger partial charge on any atom is -0.489 e. The monoisotopic (exact) mass is 311 g/mol. The van der Waals surface area contributed by atoms with Crippen molar-refractivity contribution in [2.45, 2.75) is 64.1 Å². The van der Waals surface area contributed by atoms with Gasteiger partial charge in [-0.2, -0.15) is 0 Å². The first kappa shape index (κ1) is 16.6. The zero-order valence-corrected chi connectivity index (χ0v) is 14.0. The molecule has 2 rings (SSSR count). The Kier molecular flexibility index (Phi) is 5.18. The van der Waals surface area contributed by atoms with Gasteiger partial charge in [0.25, 0.3) is 0 Å². The Morgan fingerprint density at radius 2 is 1.95 bits per heavy atom. The fourth-order valence-electron chi connectivity index (χ4n) is 2.60. The van der Waals surface area contributed by atoms with Crippen LogP contribution in [0.4, 0.5) is 0 Å². The molecule has 118 valence electrons. The highest BCUT2D eigenvalue weighted by molar-refractivity contribution is 6.32. The highest BCUT2D eigenvalue weighted by atomic mass is 35.5. The van der Waals surface area contributed by atoms with Crippen LogP contribution >= 0.6 is 11.6 Å². The lowest BCUT2D eigenvalue weighted by Crippen LogP contribution is -2.35. The van der Waals surface area contributed by atoms with Crippen LogP contribution in [0.15, 0.2) is 18.2 Å². The summed E-state index contributed by atoms with van der Waals surface area (Å²) >= 11 is 6.28. The first-order valence-corrected chi connectivity index (χ1v) is 8.05. The zero-order valence-electron chi connectivity index (χ0n) is 13.2. The van der Waals surface area contributed by atoms with E-state index in [0.29, 0.717) is 23.9 Å². The first-order valence-electron chi connectivity index (χ1n) is 7.67. The summed E-state index contributed by atoms with van der Waals surface area (Å²) < 4.78 is 5.90. The van der Waals surface area contributed by atoms with Gasteiger partial charge in [0, 0.05) is 17.6 Å². The molecule has 4 heteroatoms. The largest absolute Gasteiger partial charge is 0.489 e. The predicted molar refractivity (Wildman–Crippen MR) is 87.0 cm³/mol. The fourth-order valence-corrected chi connectivity index (χ4v) is 2.85. The summed E-state index contributed by atoms with van der Waals surface area (Å²) in [5.74, 6) is 0.691. The second-order valence-electron chi connectivity index (χ2n) is 7.05. The molecule has 0 heterocycles. The lowest BCUT2D eigenvalue weighted by atomic mass is 10.0. The highest BCUT2D eigenvalue weighted by Crippen LogP contribution is 2.33. The van der Waals surface area contributed by atoms with Gasteiger partial charge in [-0.3, -0.25) is 0 Å². The minimum absolute atomic E-state index is 0.0310. The van der Waals surface area contributed by atoms with Crippen molar-refractivity contribution in [3.63, 3.8) is 0 Å². The van der Waals surface area contributed by atoms with Crippen LogP contribution in [0.2, 0.25) is 5.02 Å².